The second-order valence-corrected chi connectivity index (χ2v) is 6.05. The summed E-state index contributed by atoms with van der Waals surface area (Å²) >= 11 is 1.76. The molecule has 0 aromatic rings. The van der Waals surface area contributed by atoms with Crippen LogP contribution in [0.1, 0.15) is 32.6 Å². The van der Waals surface area contributed by atoms with Crippen molar-refractivity contribution in [2.75, 3.05) is 18.6 Å². The van der Waals surface area contributed by atoms with Gasteiger partial charge in [0.15, 0.2) is 0 Å². The molecule has 1 amide bonds. The van der Waals surface area contributed by atoms with Crippen molar-refractivity contribution in [2.45, 2.75) is 32.6 Å². The highest BCUT2D eigenvalue weighted by Crippen LogP contribution is 2.30. The molecular formula is C13H23NO3S. The number of thioether (sulfide) groups is 1. The summed E-state index contributed by atoms with van der Waals surface area (Å²) in [6.07, 6.45) is 5.26. The van der Waals surface area contributed by atoms with Crippen LogP contribution < -0.4 is 5.32 Å². The van der Waals surface area contributed by atoms with Crippen molar-refractivity contribution in [1.82, 2.24) is 5.32 Å². The van der Waals surface area contributed by atoms with Crippen LogP contribution in [0.2, 0.25) is 0 Å². The van der Waals surface area contributed by atoms with Crippen molar-refractivity contribution in [2.24, 2.45) is 17.8 Å². The Morgan fingerprint density at radius 1 is 1.33 bits per heavy atom. The fourth-order valence-electron chi connectivity index (χ4n) is 2.49. The Morgan fingerprint density at radius 2 is 1.94 bits per heavy atom. The molecule has 4 nitrogen and oxygen atoms in total. The molecule has 0 bridgehead atoms. The summed E-state index contributed by atoms with van der Waals surface area (Å²) in [5.41, 5.74) is 0. The Kier molecular flexibility index (Phi) is 6.54. The SMILES string of the molecule is CSCC(C)CNC(=O)C1CCCCC1C(=O)O. The number of amides is 1. The van der Waals surface area contributed by atoms with E-state index in [2.05, 4.69) is 12.2 Å². The topological polar surface area (TPSA) is 66.4 Å². The van der Waals surface area contributed by atoms with Crippen molar-refractivity contribution in [3.63, 3.8) is 0 Å². The van der Waals surface area contributed by atoms with Gasteiger partial charge in [-0.15, -0.1) is 0 Å². The van der Waals surface area contributed by atoms with Crippen LogP contribution in [0.15, 0.2) is 0 Å². The second kappa shape index (κ2) is 7.67. The molecule has 1 saturated carbocycles. The summed E-state index contributed by atoms with van der Waals surface area (Å²) in [4.78, 5) is 23.2. The Bertz CT molecular complexity index is 296. The van der Waals surface area contributed by atoms with Crippen LogP contribution >= 0.6 is 11.8 Å². The minimum absolute atomic E-state index is 0.0740. The molecule has 104 valence electrons. The number of carboxylic acids is 1. The predicted octanol–water partition coefficient (Wildman–Crippen LogP) is 1.99. The van der Waals surface area contributed by atoms with Gasteiger partial charge in [-0.2, -0.15) is 11.8 Å². The first-order valence-electron chi connectivity index (χ1n) is 6.55. The summed E-state index contributed by atoms with van der Waals surface area (Å²) in [5, 5.41) is 12.0. The molecule has 1 fully saturated rings. The van der Waals surface area contributed by atoms with E-state index in [1.54, 1.807) is 11.8 Å². The molecule has 0 aromatic carbocycles. The average molecular weight is 273 g/mol. The maximum absolute atomic E-state index is 12.0. The Morgan fingerprint density at radius 3 is 2.50 bits per heavy atom. The highest BCUT2D eigenvalue weighted by atomic mass is 32.2. The van der Waals surface area contributed by atoms with Gasteiger partial charge in [0, 0.05) is 6.54 Å². The van der Waals surface area contributed by atoms with Gasteiger partial charge < -0.3 is 10.4 Å². The number of rotatable bonds is 6. The first-order chi connectivity index (χ1) is 8.56. The van der Waals surface area contributed by atoms with Gasteiger partial charge in [-0.3, -0.25) is 9.59 Å². The number of aliphatic carboxylic acids is 1. The summed E-state index contributed by atoms with van der Waals surface area (Å²) < 4.78 is 0. The quantitative estimate of drug-likeness (QED) is 0.776. The standard InChI is InChI=1S/C13H23NO3S/c1-9(8-18-2)7-14-12(15)10-5-3-4-6-11(10)13(16)17/h9-11H,3-8H2,1-2H3,(H,14,15)(H,16,17). The van der Waals surface area contributed by atoms with Gasteiger partial charge in [0.05, 0.1) is 11.8 Å². The minimum atomic E-state index is -0.827. The van der Waals surface area contributed by atoms with E-state index in [9.17, 15) is 9.59 Å². The van der Waals surface area contributed by atoms with Crippen molar-refractivity contribution in [1.29, 1.82) is 0 Å². The monoisotopic (exact) mass is 273 g/mol. The molecule has 0 heterocycles. The van der Waals surface area contributed by atoms with E-state index in [0.29, 0.717) is 25.3 Å². The number of hydrogen-bond acceptors (Lipinski definition) is 3. The number of nitrogens with one attached hydrogen (secondary N) is 1. The molecule has 0 saturated heterocycles. The van der Waals surface area contributed by atoms with Crippen LogP contribution in [0.25, 0.3) is 0 Å². The van der Waals surface area contributed by atoms with Crippen molar-refractivity contribution in [3.05, 3.63) is 0 Å². The van der Waals surface area contributed by atoms with E-state index in [0.717, 1.165) is 18.6 Å². The normalized spacial score (nSPS) is 25.4. The Balaban J connectivity index is 2.45. The van der Waals surface area contributed by atoms with Gasteiger partial charge in [0.1, 0.15) is 0 Å². The summed E-state index contributed by atoms with van der Waals surface area (Å²) in [7, 11) is 0. The second-order valence-electron chi connectivity index (χ2n) is 5.14. The van der Waals surface area contributed by atoms with E-state index < -0.39 is 11.9 Å². The van der Waals surface area contributed by atoms with Crippen LogP contribution in [-0.2, 0) is 9.59 Å². The fourth-order valence-corrected chi connectivity index (χ4v) is 3.18. The summed E-state index contributed by atoms with van der Waals surface area (Å²) in [6.45, 7) is 2.73. The molecule has 0 aromatic heterocycles. The lowest BCUT2D eigenvalue weighted by Crippen LogP contribution is -2.41. The van der Waals surface area contributed by atoms with Crippen LogP contribution in [0.4, 0.5) is 0 Å². The van der Waals surface area contributed by atoms with Crippen LogP contribution in [0.5, 0.6) is 0 Å². The number of carbonyl (C=O) groups excluding carboxylic acids is 1. The fraction of sp³-hybridized carbons (Fsp3) is 0.846. The van der Waals surface area contributed by atoms with E-state index in [-0.39, 0.29) is 11.8 Å². The molecule has 3 atom stereocenters. The number of carboxylic acid groups (broad SMARTS) is 1. The van der Waals surface area contributed by atoms with Crippen LogP contribution in [0.3, 0.4) is 0 Å². The minimum Gasteiger partial charge on any atom is -0.481 e. The smallest absolute Gasteiger partial charge is 0.307 e. The molecule has 1 rings (SSSR count). The number of carbonyl (C=O) groups is 2. The largest absolute Gasteiger partial charge is 0.481 e. The van der Waals surface area contributed by atoms with Crippen LogP contribution in [-0.4, -0.2) is 35.5 Å². The third kappa shape index (κ3) is 4.52. The van der Waals surface area contributed by atoms with Gasteiger partial charge in [0.25, 0.3) is 0 Å². The zero-order valence-electron chi connectivity index (χ0n) is 11.1. The molecule has 3 unspecified atom stereocenters. The summed E-state index contributed by atoms with van der Waals surface area (Å²) in [6, 6.07) is 0. The zero-order chi connectivity index (χ0) is 13.5. The molecule has 0 radical (unpaired) electrons. The lowest BCUT2D eigenvalue weighted by atomic mass is 9.78. The predicted molar refractivity (Wildman–Crippen MR) is 73.6 cm³/mol. The molecule has 5 heteroatoms. The average Bonchev–Trinajstić information content (AvgIpc) is 2.36. The molecule has 1 aliphatic rings. The van der Waals surface area contributed by atoms with E-state index in [4.69, 9.17) is 5.11 Å². The molecule has 1 aliphatic carbocycles. The van der Waals surface area contributed by atoms with Gasteiger partial charge in [-0.05, 0) is 30.8 Å². The van der Waals surface area contributed by atoms with E-state index in [1.807, 2.05) is 6.26 Å². The summed E-state index contributed by atoms with van der Waals surface area (Å²) in [5.74, 6) is -0.293. The van der Waals surface area contributed by atoms with Gasteiger partial charge >= 0.3 is 5.97 Å². The zero-order valence-corrected chi connectivity index (χ0v) is 12.0. The third-order valence-corrected chi connectivity index (χ3v) is 4.40. The van der Waals surface area contributed by atoms with Crippen LogP contribution in [0, 0.1) is 17.8 Å². The highest BCUT2D eigenvalue weighted by Gasteiger charge is 2.35. The molecular weight excluding hydrogens is 250 g/mol. The van der Waals surface area contributed by atoms with Crippen molar-refractivity contribution >= 4 is 23.6 Å². The van der Waals surface area contributed by atoms with Crippen molar-refractivity contribution in [3.8, 4) is 0 Å². The lowest BCUT2D eigenvalue weighted by molar-refractivity contribution is -0.148. The third-order valence-electron chi connectivity index (χ3n) is 3.50. The van der Waals surface area contributed by atoms with E-state index >= 15 is 0 Å². The highest BCUT2D eigenvalue weighted by molar-refractivity contribution is 7.98. The van der Waals surface area contributed by atoms with Gasteiger partial charge in [-0.25, -0.2) is 0 Å². The van der Waals surface area contributed by atoms with Crippen molar-refractivity contribution < 1.29 is 14.7 Å². The Labute approximate surface area is 113 Å². The first kappa shape index (κ1) is 15.3. The lowest BCUT2D eigenvalue weighted by Gasteiger charge is -2.27. The number of hydrogen-bond donors (Lipinski definition) is 2. The first-order valence-corrected chi connectivity index (χ1v) is 7.95. The van der Waals surface area contributed by atoms with E-state index in [1.165, 1.54) is 0 Å². The van der Waals surface area contributed by atoms with Gasteiger partial charge in [0.2, 0.25) is 5.91 Å². The maximum Gasteiger partial charge on any atom is 0.307 e. The molecule has 0 aliphatic heterocycles. The molecule has 2 N–H and O–H groups in total. The molecule has 18 heavy (non-hydrogen) atoms. The molecule has 0 spiro atoms. The maximum atomic E-state index is 12.0. The van der Waals surface area contributed by atoms with Gasteiger partial charge in [-0.1, -0.05) is 19.8 Å². The Hall–Kier alpha value is -0.710.